The summed E-state index contributed by atoms with van der Waals surface area (Å²) in [5.74, 6) is 0.973. The SMILES string of the molecule is CN(c1nc(-c2nc3ccccc3o2)c(O)c(=O)n1C)[C@H](c1ccccc1)C12CC(C1)C2. The minimum absolute atomic E-state index is 0.0653. The molecule has 7 heteroatoms. The van der Waals surface area contributed by atoms with Crippen LogP contribution in [0.3, 0.4) is 0 Å². The lowest BCUT2D eigenvalue weighted by Gasteiger charge is -2.66. The quantitative estimate of drug-likeness (QED) is 0.511. The highest BCUT2D eigenvalue weighted by Gasteiger charge is 2.62. The third-order valence-electron chi connectivity index (χ3n) is 7.22. The number of anilines is 1. The lowest BCUT2D eigenvalue weighted by atomic mass is 9.41. The third kappa shape index (κ3) is 2.63. The average Bonchev–Trinajstić information content (AvgIpc) is 3.18. The average molecular weight is 428 g/mol. The monoisotopic (exact) mass is 428 g/mol. The van der Waals surface area contributed by atoms with Gasteiger partial charge >= 0.3 is 0 Å². The van der Waals surface area contributed by atoms with Gasteiger partial charge in [-0.15, -0.1) is 0 Å². The second-order valence-corrected chi connectivity index (χ2v) is 9.22. The number of hydrogen-bond acceptors (Lipinski definition) is 6. The molecule has 0 saturated heterocycles. The zero-order valence-corrected chi connectivity index (χ0v) is 18.0. The molecular formula is C25H24N4O3. The summed E-state index contributed by atoms with van der Waals surface area (Å²) < 4.78 is 7.22. The van der Waals surface area contributed by atoms with Crippen LogP contribution in [-0.2, 0) is 7.05 Å². The number of para-hydroxylation sites is 2. The number of fused-ring (bicyclic) bond motifs is 1. The van der Waals surface area contributed by atoms with Crippen molar-refractivity contribution in [3.05, 3.63) is 70.5 Å². The highest BCUT2D eigenvalue weighted by atomic mass is 16.4. The van der Waals surface area contributed by atoms with Gasteiger partial charge in [-0.1, -0.05) is 42.5 Å². The van der Waals surface area contributed by atoms with Gasteiger partial charge in [-0.05, 0) is 48.3 Å². The fraction of sp³-hybridized carbons (Fsp3) is 0.320. The van der Waals surface area contributed by atoms with Gasteiger partial charge in [0.15, 0.2) is 11.3 Å². The number of rotatable bonds is 5. The van der Waals surface area contributed by atoms with E-state index in [1.165, 1.54) is 29.4 Å². The fourth-order valence-electron chi connectivity index (χ4n) is 5.64. The molecule has 3 aliphatic carbocycles. The van der Waals surface area contributed by atoms with Gasteiger partial charge in [-0.2, -0.15) is 0 Å². The minimum atomic E-state index is -0.525. The Morgan fingerprint density at radius 2 is 1.78 bits per heavy atom. The van der Waals surface area contributed by atoms with E-state index in [1.807, 2.05) is 31.3 Å². The van der Waals surface area contributed by atoms with Crippen molar-refractivity contribution in [2.75, 3.05) is 11.9 Å². The lowest BCUT2D eigenvalue weighted by molar-refractivity contribution is -0.127. The van der Waals surface area contributed by atoms with Crippen molar-refractivity contribution in [1.29, 1.82) is 0 Å². The van der Waals surface area contributed by atoms with E-state index in [1.54, 1.807) is 13.1 Å². The number of hydrogen-bond donors (Lipinski definition) is 1. The summed E-state index contributed by atoms with van der Waals surface area (Å²) >= 11 is 0. The van der Waals surface area contributed by atoms with E-state index in [0.717, 1.165) is 5.92 Å². The van der Waals surface area contributed by atoms with Crippen LogP contribution in [0.1, 0.15) is 30.9 Å². The summed E-state index contributed by atoms with van der Waals surface area (Å²) in [6.07, 6.45) is 3.59. The van der Waals surface area contributed by atoms with Gasteiger partial charge in [0.2, 0.25) is 11.7 Å². The predicted octanol–water partition coefficient (Wildman–Crippen LogP) is 4.27. The molecule has 162 valence electrons. The van der Waals surface area contributed by atoms with Crippen LogP contribution in [0.2, 0.25) is 0 Å². The van der Waals surface area contributed by atoms with E-state index < -0.39 is 11.3 Å². The molecule has 3 fully saturated rings. The summed E-state index contributed by atoms with van der Waals surface area (Å²) in [6, 6.07) is 17.8. The number of nitrogens with zero attached hydrogens (tertiary/aromatic N) is 4. The van der Waals surface area contributed by atoms with Crippen LogP contribution < -0.4 is 10.5 Å². The smallest absolute Gasteiger partial charge is 0.297 e. The van der Waals surface area contributed by atoms with E-state index in [4.69, 9.17) is 9.40 Å². The molecule has 3 saturated carbocycles. The second-order valence-electron chi connectivity index (χ2n) is 9.22. The largest absolute Gasteiger partial charge is 0.501 e. The van der Waals surface area contributed by atoms with Gasteiger partial charge in [0.05, 0.1) is 6.04 Å². The Hall–Kier alpha value is -3.61. The molecule has 32 heavy (non-hydrogen) atoms. The molecule has 0 aliphatic heterocycles. The molecule has 4 aromatic rings. The number of oxazole rings is 1. The van der Waals surface area contributed by atoms with Gasteiger partial charge in [0, 0.05) is 14.1 Å². The molecule has 2 heterocycles. The number of aromatic nitrogens is 3. The maximum Gasteiger partial charge on any atom is 0.297 e. The summed E-state index contributed by atoms with van der Waals surface area (Å²) in [7, 11) is 3.62. The van der Waals surface area contributed by atoms with Crippen LogP contribution in [0.4, 0.5) is 5.95 Å². The van der Waals surface area contributed by atoms with Gasteiger partial charge in [-0.3, -0.25) is 9.36 Å². The van der Waals surface area contributed by atoms with E-state index in [2.05, 4.69) is 34.1 Å². The molecule has 0 amide bonds. The molecule has 2 aromatic carbocycles. The standard InChI is InChI=1S/C25H24N4O3/c1-28(21(16-8-4-3-5-9-16)25-12-15(13-25)14-25)24-27-19(20(30)23(31)29(24)2)22-26-17-10-6-7-11-18(17)32-22/h3-11,15,21,30H,12-14H2,1-2H3/t15?,21-,25?/m1/s1. The Kier molecular flexibility index (Phi) is 4.00. The molecule has 7 rings (SSSR count). The molecule has 0 radical (unpaired) electrons. The highest BCUT2D eigenvalue weighted by Crippen LogP contribution is 2.70. The van der Waals surface area contributed by atoms with Gasteiger partial charge in [-0.25, -0.2) is 9.97 Å². The Morgan fingerprint density at radius 1 is 1.09 bits per heavy atom. The summed E-state index contributed by atoms with van der Waals surface area (Å²) in [5, 5.41) is 10.6. The maximum absolute atomic E-state index is 13.0. The van der Waals surface area contributed by atoms with Crippen molar-refractivity contribution in [2.45, 2.75) is 25.3 Å². The highest BCUT2D eigenvalue weighted by molar-refractivity contribution is 5.76. The molecule has 3 aliphatic rings. The predicted molar refractivity (Wildman–Crippen MR) is 122 cm³/mol. The first-order valence-electron chi connectivity index (χ1n) is 10.9. The molecule has 2 aromatic heterocycles. The molecule has 2 bridgehead atoms. The Balaban J connectivity index is 1.49. The first-order chi connectivity index (χ1) is 15.5. The topological polar surface area (TPSA) is 84.4 Å². The van der Waals surface area contributed by atoms with Crippen molar-refractivity contribution in [1.82, 2.24) is 14.5 Å². The van der Waals surface area contributed by atoms with E-state index in [-0.39, 0.29) is 23.0 Å². The summed E-state index contributed by atoms with van der Waals surface area (Å²) in [6.45, 7) is 0. The third-order valence-corrected chi connectivity index (χ3v) is 7.22. The molecule has 0 unspecified atom stereocenters. The Labute approximate surface area is 185 Å². The molecule has 0 spiro atoms. The molecule has 7 nitrogen and oxygen atoms in total. The lowest BCUT2D eigenvalue weighted by Crippen LogP contribution is -2.59. The van der Waals surface area contributed by atoms with Gasteiger partial charge in [0.25, 0.3) is 11.4 Å². The first kappa shape index (κ1) is 19.1. The van der Waals surface area contributed by atoms with Crippen molar-refractivity contribution in [3.8, 4) is 17.3 Å². The maximum atomic E-state index is 13.0. The zero-order valence-electron chi connectivity index (χ0n) is 18.0. The van der Waals surface area contributed by atoms with E-state index >= 15 is 0 Å². The van der Waals surface area contributed by atoms with E-state index in [0.29, 0.717) is 17.0 Å². The minimum Gasteiger partial charge on any atom is -0.501 e. The van der Waals surface area contributed by atoms with Crippen LogP contribution in [0.5, 0.6) is 5.75 Å². The summed E-state index contributed by atoms with van der Waals surface area (Å²) in [5.41, 5.74) is 2.18. The van der Waals surface area contributed by atoms with Crippen molar-refractivity contribution < 1.29 is 9.52 Å². The van der Waals surface area contributed by atoms with Gasteiger partial charge in [0.1, 0.15) is 5.52 Å². The van der Waals surface area contributed by atoms with Crippen LogP contribution in [0.25, 0.3) is 22.7 Å². The van der Waals surface area contributed by atoms with Crippen molar-refractivity contribution >= 4 is 17.0 Å². The van der Waals surface area contributed by atoms with E-state index in [9.17, 15) is 9.90 Å². The fourth-order valence-corrected chi connectivity index (χ4v) is 5.64. The van der Waals surface area contributed by atoms with Crippen LogP contribution in [0.15, 0.2) is 63.8 Å². The normalized spacial score (nSPS) is 22.2. The summed E-state index contributed by atoms with van der Waals surface area (Å²) in [4.78, 5) is 24.2. The van der Waals surface area contributed by atoms with Crippen LogP contribution >= 0.6 is 0 Å². The first-order valence-corrected chi connectivity index (χ1v) is 10.9. The molecule has 1 N–H and O–H groups in total. The Morgan fingerprint density at radius 3 is 2.44 bits per heavy atom. The van der Waals surface area contributed by atoms with Gasteiger partial charge < -0.3 is 14.4 Å². The van der Waals surface area contributed by atoms with Crippen molar-refractivity contribution in [3.63, 3.8) is 0 Å². The van der Waals surface area contributed by atoms with Crippen LogP contribution in [-0.4, -0.2) is 26.7 Å². The Bertz CT molecular complexity index is 1340. The number of benzene rings is 2. The van der Waals surface area contributed by atoms with Crippen LogP contribution in [0, 0.1) is 11.3 Å². The van der Waals surface area contributed by atoms with Crippen molar-refractivity contribution in [2.24, 2.45) is 18.4 Å². The second kappa shape index (κ2) is 6.69. The zero-order chi connectivity index (χ0) is 22.0. The molecular weight excluding hydrogens is 404 g/mol. The molecule has 1 atom stereocenters. The number of aromatic hydroxyl groups is 1.